The minimum absolute atomic E-state index is 0.0705. The van der Waals surface area contributed by atoms with Gasteiger partial charge in [-0.3, -0.25) is 9.59 Å². The highest BCUT2D eigenvalue weighted by Gasteiger charge is 2.56. The first kappa shape index (κ1) is 12.2. The summed E-state index contributed by atoms with van der Waals surface area (Å²) in [6.07, 6.45) is 3.72. The molecule has 1 aromatic rings. The molecule has 0 bridgehead atoms. The average Bonchev–Trinajstić information content (AvgIpc) is 3.00. The number of carboxylic acid groups (broad SMARTS) is 1. The number of aryl methyl sites for hydroxylation is 1. The van der Waals surface area contributed by atoms with Crippen LogP contribution in [-0.4, -0.2) is 40.0 Å². The molecule has 1 amide bonds. The van der Waals surface area contributed by atoms with E-state index in [-0.39, 0.29) is 18.4 Å². The first-order chi connectivity index (χ1) is 9.04. The summed E-state index contributed by atoms with van der Waals surface area (Å²) in [6, 6.07) is 0. The Kier molecular flexibility index (Phi) is 2.62. The van der Waals surface area contributed by atoms with E-state index in [2.05, 4.69) is 4.98 Å². The Hall–Kier alpha value is -1.85. The van der Waals surface area contributed by atoms with Crippen LogP contribution >= 0.6 is 0 Å². The van der Waals surface area contributed by atoms with Crippen LogP contribution in [0, 0.1) is 18.3 Å². The minimum atomic E-state index is -0.776. The maximum absolute atomic E-state index is 12.3. The Morgan fingerprint density at radius 1 is 1.58 bits per heavy atom. The number of likely N-dealkylation sites (tertiary alicyclic amines) is 1. The number of carboxylic acids is 1. The molecule has 102 valence electrons. The lowest BCUT2D eigenvalue weighted by molar-refractivity contribution is -0.149. The first-order valence-corrected chi connectivity index (χ1v) is 6.47. The number of rotatable bonds is 2. The van der Waals surface area contributed by atoms with E-state index in [1.807, 2.05) is 0 Å². The molecule has 0 unspecified atom stereocenters. The molecular weight excluding hydrogens is 248 g/mol. The quantitative estimate of drug-likeness (QED) is 0.870. The largest absolute Gasteiger partial charge is 0.481 e. The number of oxazole rings is 1. The van der Waals surface area contributed by atoms with Crippen LogP contribution in [0.4, 0.5) is 0 Å². The molecule has 1 saturated carbocycles. The molecule has 1 aliphatic carbocycles. The lowest BCUT2D eigenvalue weighted by atomic mass is 9.81. The van der Waals surface area contributed by atoms with Gasteiger partial charge in [-0.25, -0.2) is 4.98 Å². The van der Waals surface area contributed by atoms with E-state index in [1.54, 1.807) is 11.8 Å². The van der Waals surface area contributed by atoms with Gasteiger partial charge < -0.3 is 14.4 Å². The highest BCUT2D eigenvalue weighted by atomic mass is 16.4. The van der Waals surface area contributed by atoms with E-state index in [9.17, 15) is 14.7 Å². The van der Waals surface area contributed by atoms with Gasteiger partial charge in [-0.15, -0.1) is 0 Å². The lowest BCUT2D eigenvalue weighted by Crippen LogP contribution is -2.37. The van der Waals surface area contributed by atoms with Crippen LogP contribution < -0.4 is 0 Å². The third-order valence-electron chi connectivity index (χ3n) is 4.53. The highest BCUT2D eigenvalue weighted by molar-refractivity contribution is 5.94. The summed E-state index contributed by atoms with van der Waals surface area (Å²) in [5.41, 5.74) is -0.451. The molecule has 1 aliphatic heterocycles. The molecular formula is C13H16N2O4. The molecule has 1 N–H and O–H groups in total. The molecule has 1 saturated heterocycles. The summed E-state index contributed by atoms with van der Waals surface area (Å²) in [5.74, 6) is -0.448. The SMILES string of the molecule is Cc1ocnc1C(=O)N1C[C@@H]2CCC[C@@]2(C(=O)O)C1. The van der Waals surface area contributed by atoms with E-state index >= 15 is 0 Å². The van der Waals surface area contributed by atoms with Crippen molar-refractivity contribution in [3.63, 3.8) is 0 Å². The van der Waals surface area contributed by atoms with Gasteiger partial charge in [-0.1, -0.05) is 6.42 Å². The van der Waals surface area contributed by atoms with Crippen molar-refractivity contribution in [2.45, 2.75) is 26.2 Å². The van der Waals surface area contributed by atoms with Crippen LogP contribution in [-0.2, 0) is 4.79 Å². The molecule has 6 heteroatoms. The van der Waals surface area contributed by atoms with Crippen molar-refractivity contribution in [3.05, 3.63) is 17.8 Å². The normalized spacial score (nSPS) is 29.5. The van der Waals surface area contributed by atoms with Gasteiger partial charge in [0.25, 0.3) is 5.91 Å². The van der Waals surface area contributed by atoms with Crippen molar-refractivity contribution in [1.29, 1.82) is 0 Å². The van der Waals surface area contributed by atoms with E-state index in [0.717, 1.165) is 12.8 Å². The number of carbonyl (C=O) groups excluding carboxylic acids is 1. The fourth-order valence-electron chi connectivity index (χ4n) is 3.45. The average molecular weight is 264 g/mol. The van der Waals surface area contributed by atoms with E-state index < -0.39 is 11.4 Å². The number of aromatic nitrogens is 1. The lowest BCUT2D eigenvalue weighted by Gasteiger charge is -2.23. The predicted octanol–water partition coefficient (Wildman–Crippen LogP) is 1.31. The maximum atomic E-state index is 12.3. The first-order valence-electron chi connectivity index (χ1n) is 6.47. The van der Waals surface area contributed by atoms with E-state index in [0.29, 0.717) is 24.4 Å². The van der Waals surface area contributed by atoms with Gasteiger partial charge in [0.15, 0.2) is 12.1 Å². The maximum Gasteiger partial charge on any atom is 0.311 e. The number of carbonyl (C=O) groups is 2. The van der Waals surface area contributed by atoms with Crippen molar-refractivity contribution >= 4 is 11.9 Å². The summed E-state index contributed by atoms with van der Waals surface area (Å²) >= 11 is 0. The topological polar surface area (TPSA) is 83.6 Å². The third kappa shape index (κ3) is 1.66. The number of fused-ring (bicyclic) bond motifs is 1. The Labute approximate surface area is 110 Å². The summed E-state index contributed by atoms with van der Waals surface area (Å²) in [6.45, 7) is 2.49. The van der Waals surface area contributed by atoms with Crippen molar-refractivity contribution < 1.29 is 19.1 Å². The second-order valence-corrected chi connectivity index (χ2v) is 5.49. The number of amides is 1. The fourth-order valence-corrected chi connectivity index (χ4v) is 3.45. The van der Waals surface area contributed by atoms with Crippen molar-refractivity contribution in [2.75, 3.05) is 13.1 Å². The zero-order valence-electron chi connectivity index (χ0n) is 10.8. The van der Waals surface area contributed by atoms with Crippen LogP contribution in [0.15, 0.2) is 10.8 Å². The Morgan fingerprint density at radius 2 is 2.37 bits per heavy atom. The molecule has 19 heavy (non-hydrogen) atoms. The van der Waals surface area contributed by atoms with E-state index in [1.165, 1.54) is 6.39 Å². The van der Waals surface area contributed by atoms with Crippen molar-refractivity contribution in [3.8, 4) is 0 Å². The molecule has 1 aromatic heterocycles. The molecule has 6 nitrogen and oxygen atoms in total. The molecule has 2 atom stereocenters. The highest BCUT2D eigenvalue weighted by Crippen LogP contribution is 2.49. The van der Waals surface area contributed by atoms with E-state index in [4.69, 9.17) is 4.42 Å². The number of aliphatic carboxylic acids is 1. The molecule has 0 aromatic carbocycles. The van der Waals surface area contributed by atoms with Gasteiger partial charge >= 0.3 is 5.97 Å². The molecule has 0 spiro atoms. The van der Waals surface area contributed by atoms with Gasteiger partial charge in [0.2, 0.25) is 0 Å². The Balaban J connectivity index is 1.85. The van der Waals surface area contributed by atoms with Crippen molar-refractivity contribution in [1.82, 2.24) is 9.88 Å². The zero-order chi connectivity index (χ0) is 13.6. The standard InChI is InChI=1S/C13H16N2O4/c1-8-10(14-7-19-8)11(16)15-5-9-3-2-4-13(9,6-15)12(17)18/h7,9H,2-6H2,1H3,(H,17,18)/t9-,13+/m0/s1. The number of nitrogens with zero attached hydrogens (tertiary/aromatic N) is 2. The Bertz CT molecular complexity index is 539. The molecule has 3 rings (SSSR count). The van der Waals surface area contributed by atoms with Crippen LogP contribution in [0.5, 0.6) is 0 Å². The second-order valence-electron chi connectivity index (χ2n) is 5.49. The predicted molar refractivity (Wildman–Crippen MR) is 64.6 cm³/mol. The molecule has 2 heterocycles. The number of hydrogen-bond donors (Lipinski definition) is 1. The van der Waals surface area contributed by atoms with Crippen LogP contribution in [0.1, 0.15) is 35.5 Å². The van der Waals surface area contributed by atoms with Gasteiger partial charge in [0.05, 0.1) is 5.41 Å². The Morgan fingerprint density at radius 3 is 2.95 bits per heavy atom. The van der Waals surface area contributed by atoms with Gasteiger partial charge in [0, 0.05) is 13.1 Å². The smallest absolute Gasteiger partial charge is 0.311 e. The van der Waals surface area contributed by atoms with Crippen LogP contribution in [0.2, 0.25) is 0 Å². The molecule has 2 fully saturated rings. The minimum Gasteiger partial charge on any atom is -0.481 e. The summed E-state index contributed by atoms with van der Waals surface area (Å²) in [5, 5.41) is 9.49. The third-order valence-corrected chi connectivity index (χ3v) is 4.53. The number of hydrogen-bond acceptors (Lipinski definition) is 4. The summed E-state index contributed by atoms with van der Waals surface area (Å²) in [7, 11) is 0. The fraction of sp³-hybridized carbons (Fsp3) is 0.615. The van der Waals surface area contributed by atoms with Gasteiger partial charge in [-0.2, -0.15) is 0 Å². The van der Waals surface area contributed by atoms with Crippen LogP contribution in [0.3, 0.4) is 0 Å². The van der Waals surface area contributed by atoms with Crippen molar-refractivity contribution in [2.24, 2.45) is 11.3 Å². The molecule has 0 radical (unpaired) electrons. The van der Waals surface area contributed by atoms with Crippen LogP contribution in [0.25, 0.3) is 0 Å². The molecule has 2 aliphatic rings. The summed E-state index contributed by atoms with van der Waals surface area (Å²) in [4.78, 5) is 29.4. The van der Waals surface area contributed by atoms with Gasteiger partial charge in [-0.05, 0) is 25.7 Å². The summed E-state index contributed by atoms with van der Waals surface area (Å²) < 4.78 is 5.04. The van der Waals surface area contributed by atoms with Gasteiger partial charge in [0.1, 0.15) is 5.76 Å². The second kappa shape index (κ2) is 4.08. The zero-order valence-corrected chi connectivity index (χ0v) is 10.8. The monoisotopic (exact) mass is 264 g/mol.